The number of hydrogen-bond donors (Lipinski definition) is 1. The highest BCUT2D eigenvalue weighted by Crippen LogP contribution is 2.17. The number of benzene rings is 1. The van der Waals surface area contributed by atoms with Crippen molar-refractivity contribution in [1.82, 2.24) is 5.32 Å². The van der Waals surface area contributed by atoms with Crippen LogP contribution in [0.5, 0.6) is 0 Å². The van der Waals surface area contributed by atoms with Crippen LogP contribution in [0.2, 0.25) is 5.02 Å². The van der Waals surface area contributed by atoms with Crippen molar-refractivity contribution in [3.63, 3.8) is 0 Å². The van der Waals surface area contributed by atoms with E-state index in [1.807, 2.05) is 11.8 Å². The summed E-state index contributed by atoms with van der Waals surface area (Å²) in [6.45, 7) is 5.26. The lowest BCUT2D eigenvalue weighted by molar-refractivity contribution is 0.530. The average Bonchev–Trinajstić information content (AvgIpc) is 2.35. The SMILES string of the molecule is CCCNC(CSCC)Cc1ccc(Cl)cc1F. The summed E-state index contributed by atoms with van der Waals surface area (Å²) in [4.78, 5) is 0. The first-order valence-corrected chi connectivity index (χ1v) is 7.95. The van der Waals surface area contributed by atoms with Crippen LogP contribution >= 0.6 is 23.4 Å². The Morgan fingerprint density at radius 1 is 1.39 bits per heavy atom. The van der Waals surface area contributed by atoms with Gasteiger partial charge < -0.3 is 5.32 Å². The van der Waals surface area contributed by atoms with Gasteiger partial charge in [0.2, 0.25) is 0 Å². The number of thioether (sulfide) groups is 1. The van der Waals surface area contributed by atoms with Gasteiger partial charge in [-0.1, -0.05) is 31.5 Å². The molecule has 4 heteroatoms. The molecule has 0 fully saturated rings. The van der Waals surface area contributed by atoms with E-state index < -0.39 is 0 Å². The molecule has 0 bridgehead atoms. The van der Waals surface area contributed by atoms with Crippen molar-refractivity contribution in [2.45, 2.75) is 32.7 Å². The molecule has 0 saturated carbocycles. The maximum absolute atomic E-state index is 13.7. The molecule has 0 radical (unpaired) electrons. The van der Waals surface area contributed by atoms with E-state index in [-0.39, 0.29) is 5.82 Å². The molecular formula is C14H21ClFNS. The lowest BCUT2D eigenvalue weighted by Crippen LogP contribution is -2.34. The second-order valence-electron chi connectivity index (χ2n) is 4.25. The van der Waals surface area contributed by atoms with Gasteiger partial charge in [-0.05, 0) is 42.8 Å². The first-order valence-electron chi connectivity index (χ1n) is 6.42. The van der Waals surface area contributed by atoms with Crippen molar-refractivity contribution in [2.24, 2.45) is 0 Å². The number of nitrogens with one attached hydrogen (secondary N) is 1. The molecule has 1 unspecified atom stereocenters. The molecule has 18 heavy (non-hydrogen) atoms. The first-order chi connectivity index (χ1) is 8.67. The summed E-state index contributed by atoms with van der Waals surface area (Å²) in [5.74, 6) is 1.90. The van der Waals surface area contributed by atoms with Crippen LogP contribution in [0.1, 0.15) is 25.8 Å². The fourth-order valence-corrected chi connectivity index (χ4v) is 2.67. The standard InChI is InChI=1S/C14H21ClFNS/c1-3-7-17-13(10-18-4-2)8-11-5-6-12(15)9-14(11)16/h5-6,9,13,17H,3-4,7-8,10H2,1-2H3. The molecular weight excluding hydrogens is 269 g/mol. The van der Waals surface area contributed by atoms with Crippen molar-refractivity contribution in [2.75, 3.05) is 18.1 Å². The maximum Gasteiger partial charge on any atom is 0.127 e. The van der Waals surface area contributed by atoms with Gasteiger partial charge in [0.1, 0.15) is 5.82 Å². The second-order valence-corrected chi connectivity index (χ2v) is 6.01. The fraction of sp³-hybridized carbons (Fsp3) is 0.571. The van der Waals surface area contributed by atoms with E-state index >= 15 is 0 Å². The van der Waals surface area contributed by atoms with Gasteiger partial charge in [0.25, 0.3) is 0 Å². The summed E-state index contributed by atoms with van der Waals surface area (Å²) < 4.78 is 13.7. The van der Waals surface area contributed by atoms with Crippen LogP contribution in [0.4, 0.5) is 4.39 Å². The van der Waals surface area contributed by atoms with E-state index in [0.717, 1.165) is 36.5 Å². The Morgan fingerprint density at radius 2 is 2.17 bits per heavy atom. The fourth-order valence-electron chi connectivity index (χ4n) is 1.75. The molecule has 0 aliphatic heterocycles. The lowest BCUT2D eigenvalue weighted by Gasteiger charge is -2.18. The van der Waals surface area contributed by atoms with Gasteiger partial charge in [-0.25, -0.2) is 4.39 Å². The Bertz CT molecular complexity index is 352. The molecule has 0 amide bonds. The molecule has 0 saturated heterocycles. The Kier molecular flexibility index (Phi) is 7.71. The summed E-state index contributed by atoms with van der Waals surface area (Å²) in [7, 11) is 0. The topological polar surface area (TPSA) is 12.0 Å². The summed E-state index contributed by atoms with van der Waals surface area (Å²) in [6.07, 6.45) is 1.81. The largest absolute Gasteiger partial charge is 0.313 e. The van der Waals surface area contributed by atoms with Gasteiger partial charge in [-0.2, -0.15) is 11.8 Å². The molecule has 1 N–H and O–H groups in total. The summed E-state index contributed by atoms with van der Waals surface area (Å²) in [5, 5.41) is 3.93. The molecule has 0 aromatic heterocycles. The third-order valence-electron chi connectivity index (χ3n) is 2.69. The maximum atomic E-state index is 13.7. The lowest BCUT2D eigenvalue weighted by atomic mass is 10.1. The van der Waals surface area contributed by atoms with Crippen molar-refractivity contribution < 1.29 is 4.39 Å². The van der Waals surface area contributed by atoms with Crippen LogP contribution < -0.4 is 5.32 Å². The average molecular weight is 290 g/mol. The molecule has 0 heterocycles. The number of hydrogen-bond acceptors (Lipinski definition) is 2. The summed E-state index contributed by atoms with van der Waals surface area (Å²) in [5.41, 5.74) is 0.740. The third kappa shape index (κ3) is 5.59. The molecule has 1 aromatic rings. The van der Waals surface area contributed by atoms with Crippen LogP contribution in [0.15, 0.2) is 18.2 Å². The van der Waals surface area contributed by atoms with Crippen LogP contribution in [0.25, 0.3) is 0 Å². The third-order valence-corrected chi connectivity index (χ3v) is 3.97. The van der Waals surface area contributed by atoms with Crippen molar-refractivity contribution >= 4 is 23.4 Å². The molecule has 1 aromatic carbocycles. The summed E-state index contributed by atoms with van der Waals surface area (Å²) >= 11 is 7.64. The molecule has 1 nitrogen and oxygen atoms in total. The molecule has 1 atom stereocenters. The van der Waals surface area contributed by atoms with Crippen LogP contribution in [0.3, 0.4) is 0 Å². The highest BCUT2D eigenvalue weighted by molar-refractivity contribution is 7.99. The Balaban J connectivity index is 2.62. The zero-order chi connectivity index (χ0) is 13.4. The second kappa shape index (κ2) is 8.78. The normalized spacial score (nSPS) is 12.7. The monoisotopic (exact) mass is 289 g/mol. The quantitative estimate of drug-likeness (QED) is 0.772. The Hall–Kier alpha value is -0.250. The summed E-state index contributed by atoms with van der Waals surface area (Å²) in [6, 6.07) is 5.25. The predicted octanol–water partition coefficient (Wildman–Crippen LogP) is 4.14. The van der Waals surface area contributed by atoms with Crippen LogP contribution in [-0.2, 0) is 6.42 Å². The van der Waals surface area contributed by atoms with E-state index in [9.17, 15) is 4.39 Å². The first kappa shape index (κ1) is 15.8. The molecule has 102 valence electrons. The van der Waals surface area contributed by atoms with Crippen LogP contribution in [0, 0.1) is 5.82 Å². The molecule has 0 spiro atoms. The molecule has 0 aliphatic carbocycles. The van der Waals surface area contributed by atoms with E-state index in [0.29, 0.717) is 11.1 Å². The minimum atomic E-state index is -0.202. The highest BCUT2D eigenvalue weighted by Gasteiger charge is 2.12. The van der Waals surface area contributed by atoms with Crippen molar-refractivity contribution in [3.8, 4) is 0 Å². The zero-order valence-corrected chi connectivity index (χ0v) is 12.6. The Morgan fingerprint density at radius 3 is 2.78 bits per heavy atom. The van der Waals surface area contributed by atoms with E-state index in [1.165, 1.54) is 6.07 Å². The predicted molar refractivity (Wildman–Crippen MR) is 80.2 cm³/mol. The van der Waals surface area contributed by atoms with E-state index in [4.69, 9.17) is 11.6 Å². The minimum absolute atomic E-state index is 0.202. The van der Waals surface area contributed by atoms with Crippen LogP contribution in [-0.4, -0.2) is 24.1 Å². The van der Waals surface area contributed by atoms with Gasteiger partial charge in [-0.3, -0.25) is 0 Å². The van der Waals surface area contributed by atoms with Gasteiger partial charge >= 0.3 is 0 Å². The minimum Gasteiger partial charge on any atom is -0.313 e. The number of rotatable bonds is 8. The Labute approximate surface area is 118 Å². The van der Waals surface area contributed by atoms with Gasteiger partial charge in [0.15, 0.2) is 0 Å². The van der Waals surface area contributed by atoms with Gasteiger partial charge in [0.05, 0.1) is 0 Å². The van der Waals surface area contributed by atoms with E-state index in [1.54, 1.807) is 12.1 Å². The highest BCUT2D eigenvalue weighted by atomic mass is 35.5. The van der Waals surface area contributed by atoms with Gasteiger partial charge in [0, 0.05) is 16.8 Å². The smallest absolute Gasteiger partial charge is 0.127 e. The van der Waals surface area contributed by atoms with E-state index in [2.05, 4.69) is 19.2 Å². The number of halogens is 2. The molecule has 1 rings (SSSR count). The van der Waals surface area contributed by atoms with Gasteiger partial charge in [-0.15, -0.1) is 0 Å². The molecule has 0 aliphatic rings. The zero-order valence-electron chi connectivity index (χ0n) is 11.0. The van der Waals surface area contributed by atoms with Crippen molar-refractivity contribution in [3.05, 3.63) is 34.6 Å². The van der Waals surface area contributed by atoms with Crippen molar-refractivity contribution in [1.29, 1.82) is 0 Å².